The summed E-state index contributed by atoms with van der Waals surface area (Å²) in [6.45, 7) is 2.28. The molecule has 1 aliphatic rings. The number of benzene rings is 1. The minimum absolute atomic E-state index is 0.000420. The fourth-order valence-electron chi connectivity index (χ4n) is 2.66. The maximum absolute atomic E-state index is 12.5. The molecular formula is C15H20ClNOS. The second kappa shape index (κ2) is 6.19. The van der Waals surface area contributed by atoms with E-state index in [1.54, 1.807) is 18.2 Å². The molecule has 0 N–H and O–H groups in total. The van der Waals surface area contributed by atoms with Gasteiger partial charge in [0.15, 0.2) is 0 Å². The number of nitrogens with zero attached hydrogens (tertiary/aromatic N) is 1. The Balaban J connectivity index is 2.12. The summed E-state index contributed by atoms with van der Waals surface area (Å²) in [6, 6.07) is 5.61. The van der Waals surface area contributed by atoms with Crippen molar-refractivity contribution in [2.24, 2.45) is 5.92 Å². The van der Waals surface area contributed by atoms with Gasteiger partial charge in [-0.2, -0.15) is 0 Å². The summed E-state index contributed by atoms with van der Waals surface area (Å²) >= 11 is 10.4. The molecule has 0 bridgehead atoms. The first-order chi connectivity index (χ1) is 8.99. The van der Waals surface area contributed by atoms with Crippen molar-refractivity contribution in [3.63, 3.8) is 0 Å². The standard InChI is InChI=1S/C15H20ClNOS/c1-10-3-5-11(6-4-10)17(2)15(18)13-9-12(19)7-8-14(13)16/h7-11,19H,3-6H2,1-2H3. The van der Waals surface area contributed by atoms with Gasteiger partial charge in [0.05, 0.1) is 10.6 Å². The van der Waals surface area contributed by atoms with Gasteiger partial charge in [-0.25, -0.2) is 0 Å². The van der Waals surface area contributed by atoms with Crippen LogP contribution >= 0.6 is 24.2 Å². The highest BCUT2D eigenvalue weighted by atomic mass is 35.5. The molecule has 1 aromatic carbocycles. The molecule has 2 rings (SSSR count). The highest BCUT2D eigenvalue weighted by Crippen LogP contribution is 2.28. The van der Waals surface area contributed by atoms with E-state index >= 15 is 0 Å². The number of carbonyl (C=O) groups is 1. The van der Waals surface area contributed by atoms with E-state index < -0.39 is 0 Å². The zero-order valence-electron chi connectivity index (χ0n) is 11.4. The predicted molar refractivity (Wildman–Crippen MR) is 82.2 cm³/mol. The van der Waals surface area contributed by atoms with Gasteiger partial charge in [-0.05, 0) is 49.8 Å². The first kappa shape index (κ1) is 14.7. The molecule has 0 saturated heterocycles. The van der Waals surface area contributed by atoms with E-state index in [0.29, 0.717) is 16.6 Å². The lowest BCUT2D eigenvalue weighted by Gasteiger charge is -2.33. The minimum Gasteiger partial charge on any atom is -0.339 e. The Morgan fingerprint density at radius 2 is 1.95 bits per heavy atom. The third-order valence-electron chi connectivity index (χ3n) is 4.03. The van der Waals surface area contributed by atoms with Crippen LogP contribution in [0.4, 0.5) is 0 Å². The summed E-state index contributed by atoms with van der Waals surface area (Å²) in [5.41, 5.74) is 0.551. The van der Waals surface area contributed by atoms with E-state index in [2.05, 4.69) is 19.6 Å². The number of carbonyl (C=O) groups excluding carboxylic acids is 1. The smallest absolute Gasteiger partial charge is 0.255 e. The molecule has 0 aromatic heterocycles. The van der Waals surface area contributed by atoms with Crippen LogP contribution in [0.5, 0.6) is 0 Å². The van der Waals surface area contributed by atoms with E-state index in [0.717, 1.165) is 23.7 Å². The largest absolute Gasteiger partial charge is 0.339 e. The summed E-state index contributed by atoms with van der Waals surface area (Å²) in [4.78, 5) is 15.1. The number of amides is 1. The molecule has 0 atom stereocenters. The molecule has 0 unspecified atom stereocenters. The van der Waals surface area contributed by atoms with E-state index in [1.165, 1.54) is 12.8 Å². The van der Waals surface area contributed by atoms with E-state index in [-0.39, 0.29) is 5.91 Å². The first-order valence-electron chi connectivity index (χ1n) is 6.74. The van der Waals surface area contributed by atoms with Gasteiger partial charge in [-0.15, -0.1) is 12.6 Å². The van der Waals surface area contributed by atoms with E-state index in [4.69, 9.17) is 11.6 Å². The van der Waals surface area contributed by atoms with Gasteiger partial charge in [0.2, 0.25) is 0 Å². The molecule has 1 amide bonds. The quantitative estimate of drug-likeness (QED) is 0.808. The summed E-state index contributed by atoms with van der Waals surface area (Å²) in [6.07, 6.45) is 4.56. The summed E-state index contributed by atoms with van der Waals surface area (Å²) in [5.74, 6) is 0.782. The molecular weight excluding hydrogens is 278 g/mol. The SMILES string of the molecule is CC1CCC(N(C)C(=O)c2cc(S)ccc2Cl)CC1. The lowest BCUT2D eigenvalue weighted by molar-refractivity contribution is 0.0679. The van der Waals surface area contributed by atoms with Crippen molar-refractivity contribution < 1.29 is 4.79 Å². The highest BCUT2D eigenvalue weighted by molar-refractivity contribution is 7.80. The molecule has 104 valence electrons. The zero-order chi connectivity index (χ0) is 14.0. The predicted octanol–water partition coefficient (Wildman–Crippen LogP) is 4.28. The van der Waals surface area contributed by atoms with Crippen LogP contribution in [-0.4, -0.2) is 23.9 Å². The third kappa shape index (κ3) is 3.46. The van der Waals surface area contributed by atoms with Crippen LogP contribution in [0, 0.1) is 5.92 Å². The molecule has 0 heterocycles. The normalized spacial score (nSPS) is 23.2. The molecule has 0 radical (unpaired) electrons. The van der Waals surface area contributed by atoms with E-state index in [1.807, 2.05) is 11.9 Å². The van der Waals surface area contributed by atoms with Crippen LogP contribution in [0.15, 0.2) is 23.1 Å². The van der Waals surface area contributed by atoms with Crippen LogP contribution in [-0.2, 0) is 0 Å². The van der Waals surface area contributed by atoms with Gasteiger partial charge in [0, 0.05) is 18.0 Å². The van der Waals surface area contributed by atoms with Crippen LogP contribution in [0.1, 0.15) is 43.0 Å². The van der Waals surface area contributed by atoms with Crippen molar-refractivity contribution in [2.75, 3.05) is 7.05 Å². The van der Waals surface area contributed by atoms with Crippen molar-refractivity contribution in [3.8, 4) is 0 Å². The van der Waals surface area contributed by atoms with Crippen LogP contribution in [0.3, 0.4) is 0 Å². The Labute approximate surface area is 125 Å². The summed E-state index contributed by atoms with van der Waals surface area (Å²) in [7, 11) is 1.88. The summed E-state index contributed by atoms with van der Waals surface area (Å²) in [5, 5.41) is 0.499. The molecule has 0 aliphatic heterocycles. The number of thiol groups is 1. The maximum atomic E-state index is 12.5. The average molecular weight is 298 g/mol. The molecule has 2 nitrogen and oxygen atoms in total. The fraction of sp³-hybridized carbons (Fsp3) is 0.533. The topological polar surface area (TPSA) is 20.3 Å². The Morgan fingerprint density at radius 1 is 1.32 bits per heavy atom. The maximum Gasteiger partial charge on any atom is 0.255 e. The fourth-order valence-corrected chi connectivity index (χ4v) is 3.06. The minimum atomic E-state index is 0.000420. The number of hydrogen-bond acceptors (Lipinski definition) is 2. The Kier molecular flexibility index (Phi) is 4.80. The number of halogens is 1. The molecule has 1 aromatic rings. The average Bonchev–Trinajstić information content (AvgIpc) is 2.41. The third-order valence-corrected chi connectivity index (χ3v) is 4.64. The first-order valence-corrected chi connectivity index (χ1v) is 7.57. The molecule has 1 saturated carbocycles. The second-order valence-electron chi connectivity index (χ2n) is 5.49. The number of rotatable bonds is 2. The number of hydrogen-bond donors (Lipinski definition) is 1. The van der Waals surface area contributed by atoms with Gasteiger partial charge < -0.3 is 4.90 Å². The zero-order valence-corrected chi connectivity index (χ0v) is 13.0. The van der Waals surface area contributed by atoms with Crippen LogP contribution in [0.25, 0.3) is 0 Å². The van der Waals surface area contributed by atoms with Crippen LogP contribution in [0.2, 0.25) is 5.02 Å². The lowest BCUT2D eigenvalue weighted by Crippen LogP contribution is -2.39. The molecule has 4 heteroatoms. The monoisotopic (exact) mass is 297 g/mol. The van der Waals surface area contributed by atoms with E-state index in [9.17, 15) is 4.79 Å². The van der Waals surface area contributed by atoms with Crippen molar-refractivity contribution in [1.29, 1.82) is 0 Å². The Bertz CT molecular complexity index is 469. The molecule has 0 spiro atoms. The van der Waals surface area contributed by atoms with Crippen molar-refractivity contribution >= 4 is 30.1 Å². The van der Waals surface area contributed by atoms with Gasteiger partial charge in [0.1, 0.15) is 0 Å². The second-order valence-corrected chi connectivity index (χ2v) is 6.42. The van der Waals surface area contributed by atoms with Crippen molar-refractivity contribution in [1.82, 2.24) is 4.90 Å². The van der Waals surface area contributed by atoms with Crippen LogP contribution < -0.4 is 0 Å². The van der Waals surface area contributed by atoms with Gasteiger partial charge in [0.25, 0.3) is 5.91 Å². The van der Waals surface area contributed by atoms with Crippen molar-refractivity contribution in [3.05, 3.63) is 28.8 Å². The molecule has 1 fully saturated rings. The van der Waals surface area contributed by atoms with Gasteiger partial charge >= 0.3 is 0 Å². The Morgan fingerprint density at radius 3 is 2.58 bits per heavy atom. The molecule has 1 aliphatic carbocycles. The highest BCUT2D eigenvalue weighted by Gasteiger charge is 2.26. The van der Waals surface area contributed by atoms with Gasteiger partial charge in [-0.3, -0.25) is 4.79 Å². The molecule has 19 heavy (non-hydrogen) atoms. The lowest BCUT2D eigenvalue weighted by atomic mass is 9.86. The Hall–Kier alpha value is -0.670. The summed E-state index contributed by atoms with van der Waals surface area (Å²) < 4.78 is 0. The van der Waals surface area contributed by atoms with Crippen molar-refractivity contribution in [2.45, 2.75) is 43.5 Å². The van der Waals surface area contributed by atoms with Gasteiger partial charge in [-0.1, -0.05) is 18.5 Å².